The zero-order valence-corrected chi connectivity index (χ0v) is 13.7. The summed E-state index contributed by atoms with van der Waals surface area (Å²) in [5, 5.41) is 18.4. The highest BCUT2D eigenvalue weighted by Crippen LogP contribution is 2.34. The second-order valence-corrected chi connectivity index (χ2v) is 6.78. The van der Waals surface area contributed by atoms with Gasteiger partial charge in [0, 0.05) is 22.3 Å². The third-order valence-electron chi connectivity index (χ3n) is 3.46. The summed E-state index contributed by atoms with van der Waals surface area (Å²) >= 11 is 4.95. The van der Waals surface area contributed by atoms with Crippen LogP contribution in [0.25, 0.3) is 0 Å². The van der Waals surface area contributed by atoms with E-state index in [2.05, 4.69) is 30.7 Å². The van der Waals surface area contributed by atoms with Gasteiger partial charge in [0.05, 0.1) is 5.56 Å². The number of carbonyl (C=O) groups is 1. The number of carboxylic acids is 1. The predicted molar refractivity (Wildman–Crippen MR) is 82.8 cm³/mol. The third-order valence-corrected chi connectivity index (χ3v) is 5.43. The molecule has 0 atom stereocenters. The van der Waals surface area contributed by atoms with E-state index in [-0.39, 0.29) is 5.56 Å². The van der Waals surface area contributed by atoms with Crippen molar-refractivity contribution in [1.29, 1.82) is 0 Å². The quantitative estimate of drug-likeness (QED) is 0.896. The Morgan fingerprint density at radius 2 is 2.14 bits per heavy atom. The molecule has 1 aliphatic rings. The molecule has 110 valence electrons. The van der Waals surface area contributed by atoms with Crippen LogP contribution < -0.4 is 0 Å². The molecule has 0 bridgehead atoms. The summed E-state index contributed by atoms with van der Waals surface area (Å²) in [7, 11) is 0. The Bertz CT molecular complexity index is 687. The Labute approximate surface area is 134 Å². The van der Waals surface area contributed by atoms with E-state index in [1.165, 1.54) is 24.6 Å². The lowest BCUT2D eigenvalue weighted by atomic mass is 10.2. The van der Waals surface area contributed by atoms with Crippen molar-refractivity contribution in [1.82, 2.24) is 14.8 Å². The molecule has 7 heteroatoms. The molecule has 1 aromatic carbocycles. The van der Waals surface area contributed by atoms with Crippen molar-refractivity contribution >= 4 is 33.7 Å². The zero-order chi connectivity index (χ0) is 14.8. The van der Waals surface area contributed by atoms with Gasteiger partial charge in [-0.3, -0.25) is 0 Å². The van der Waals surface area contributed by atoms with E-state index in [9.17, 15) is 4.79 Å². The molecule has 2 aromatic rings. The van der Waals surface area contributed by atoms with Gasteiger partial charge in [-0.15, -0.1) is 10.2 Å². The number of fused-ring (bicyclic) bond motifs is 1. The Morgan fingerprint density at radius 1 is 1.29 bits per heavy atom. The second-order valence-electron chi connectivity index (χ2n) is 4.91. The van der Waals surface area contributed by atoms with Crippen LogP contribution in [0.3, 0.4) is 0 Å². The van der Waals surface area contributed by atoms with Gasteiger partial charge in [0.2, 0.25) is 0 Å². The van der Waals surface area contributed by atoms with Gasteiger partial charge in [0.1, 0.15) is 5.82 Å². The van der Waals surface area contributed by atoms with E-state index in [0.29, 0.717) is 0 Å². The maximum absolute atomic E-state index is 11.0. The Morgan fingerprint density at radius 3 is 2.90 bits per heavy atom. The minimum Gasteiger partial charge on any atom is -0.478 e. The summed E-state index contributed by atoms with van der Waals surface area (Å²) in [5.41, 5.74) is 0.270. The lowest BCUT2D eigenvalue weighted by Gasteiger charge is -2.08. The van der Waals surface area contributed by atoms with E-state index >= 15 is 0 Å². The highest BCUT2D eigenvalue weighted by atomic mass is 79.9. The Kier molecular flexibility index (Phi) is 4.30. The smallest absolute Gasteiger partial charge is 0.335 e. The number of aromatic carboxylic acids is 1. The number of hydrogen-bond acceptors (Lipinski definition) is 4. The van der Waals surface area contributed by atoms with Gasteiger partial charge in [0.25, 0.3) is 0 Å². The van der Waals surface area contributed by atoms with E-state index in [1.807, 2.05) is 0 Å². The number of aromatic nitrogens is 3. The molecule has 5 nitrogen and oxygen atoms in total. The summed E-state index contributed by atoms with van der Waals surface area (Å²) in [6.45, 7) is 0.954. The Hall–Kier alpha value is -1.34. The average Bonchev–Trinajstić information content (AvgIpc) is 2.69. The second kappa shape index (κ2) is 6.19. The largest absolute Gasteiger partial charge is 0.478 e. The number of halogens is 1. The highest BCUT2D eigenvalue weighted by molar-refractivity contribution is 9.10. The van der Waals surface area contributed by atoms with Crippen LogP contribution in [0, 0.1) is 0 Å². The van der Waals surface area contributed by atoms with Gasteiger partial charge in [0.15, 0.2) is 5.16 Å². The first-order valence-corrected chi connectivity index (χ1v) is 8.39. The van der Waals surface area contributed by atoms with Crippen LogP contribution >= 0.6 is 27.7 Å². The molecule has 1 N–H and O–H groups in total. The number of benzene rings is 1. The van der Waals surface area contributed by atoms with E-state index in [4.69, 9.17) is 5.11 Å². The number of rotatable bonds is 3. The van der Waals surface area contributed by atoms with Crippen molar-refractivity contribution in [2.24, 2.45) is 0 Å². The standard InChI is InChI=1S/C14H14BrN3O2S/c15-10-8-9(13(19)20)5-6-11(10)21-14-17-16-12-4-2-1-3-7-18(12)14/h5-6,8H,1-4,7H2,(H,19,20). The van der Waals surface area contributed by atoms with E-state index in [0.717, 1.165) is 39.7 Å². The molecule has 1 aromatic heterocycles. The lowest BCUT2D eigenvalue weighted by Crippen LogP contribution is -2.02. The number of hydrogen-bond donors (Lipinski definition) is 1. The van der Waals surface area contributed by atoms with Crippen LogP contribution in [-0.2, 0) is 13.0 Å². The molecule has 0 radical (unpaired) electrons. The summed E-state index contributed by atoms with van der Waals surface area (Å²) in [6, 6.07) is 5.02. The van der Waals surface area contributed by atoms with Crippen molar-refractivity contribution in [2.75, 3.05) is 0 Å². The normalized spacial score (nSPS) is 14.5. The van der Waals surface area contributed by atoms with Gasteiger partial charge < -0.3 is 9.67 Å². The fraction of sp³-hybridized carbons (Fsp3) is 0.357. The molecule has 0 fully saturated rings. The monoisotopic (exact) mass is 367 g/mol. The minimum absolute atomic E-state index is 0.270. The lowest BCUT2D eigenvalue weighted by molar-refractivity contribution is 0.0696. The first kappa shape index (κ1) is 14.6. The molecule has 0 aliphatic carbocycles. The summed E-state index contributed by atoms with van der Waals surface area (Å²) < 4.78 is 2.94. The molecular weight excluding hydrogens is 354 g/mol. The van der Waals surface area contributed by atoms with Gasteiger partial charge in [-0.1, -0.05) is 6.42 Å². The third kappa shape index (κ3) is 3.13. The molecule has 0 unspecified atom stereocenters. The van der Waals surface area contributed by atoms with Crippen molar-refractivity contribution in [3.63, 3.8) is 0 Å². The van der Waals surface area contributed by atoms with Crippen LogP contribution in [-0.4, -0.2) is 25.8 Å². The van der Waals surface area contributed by atoms with Crippen LogP contribution in [0.5, 0.6) is 0 Å². The van der Waals surface area contributed by atoms with Crippen LogP contribution in [0.15, 0.2) is 32.7 Å². The first-order chi connectivity index (χ1) is 10.1. The summed E-state index contributed by atoms with van der Waals surface area (Å²) in [4.78, 5) is 11.9. The molecule has 1 aliphatic heterocycles. The molecule has 2 heterocycles. The number of aryl methyl sites for hydroxylation is 1. The molecular formula is C14H14BrN3O2S. The van der Waals surface area contributed by atoms with E-state index < -0.39 is 5.97 Å². The highest BCUT2D eigenvalue weighted by Gasteiger charge is 2.17. The van der Waals surface area contributed by atoms with Crippen LogP contribution in [0.1, 0.15) is 35.4 Å². The van der Waals surface area contributed by atoms with Crippen LogP contribution in [0.4, 0.5) is 0 Å². The molecule has 0 amide bonds. The fourth-order valence-electron chi connectivity index (χ4n) is 2.35. The minimum atomic E-state index is -0.927. The van der Waals surface area contributed by atoms with Crippen LogP contribution in [0.2, 0.25) is 0 Å². The molecule has 0 spiro atoms. The van der Waals surface area contributed by atoms with Gasteiger partial charge in [-0.2, -0.15) is 0 Å². The topological polar surface area (TPSA) is 68.0 Å². The SMILES string of the molecule is O=C(O)c1ccc(Sc2nnc3n2CCCCC3)c(Br)c1. The van der Waals surface area contributed by atoms with Crippen molar-refractivity contribution in [3.8, 4) is 0 Å². The average molecular weight is 368 g/mol. The van der Waals surface area contributed by atoms with Gasteiger partial charge >= 0.3 is 5.97 Å². The van der Waals surface area contributed by atoms with Gasteiger partial charge in [-0.25, -0.2) is 4.79 Å². The molecule has 3 rings (SSSR count). The number of carboxylic acid groups (broad SMARTS) is 1. The summed E-state index contributed by atoms with van der Waals surface area (Å²) in [6.07, 6.45) is 4.52. The number of nitrogens with zero attached hydrogens (tertiary/aromatic N) is 3. The van der Waals surface area contributed by atoms with E-state index in [1.54, 1.807) is 18.2 Å². The predicted octanol–water partition coefficient (Wildman–Crippen LogP) is 3.62. The van der Waals surface area contributed by atoms with Gasteiger partial charge in [-0.05, 0) is 58.7 Å². The Balaban J connectivity index is 1.87. The maximum atomic E-state index is 11.0. The molecule has 21 heavy (non-hydrogen) atoms. The van der Waals surface area contributed by atoms with Crippen molar-refractivity contribution in [2.45, 2.75) is 42.3 Å². The van der Waals surface area contributed by atoms with Crippen molar-refractivity contribution < 1.29 is 9.90 Å². The first-order valence-electron chi connectivity index (χ1n) is 6.78. The fourth-order valence-corrected chi connectivity index (χ4v) is 3.85. The summed E-state index contributed by atoms with van der Waals surface area (Å²) in [5.74, 6) is 0.122. The van der Waals surface area contributed by atoms with Crippen molar-refractivity contribution in [3.05, 3.63) is 34.1 Å². The molecule has 0 saturated heterocycles. The zero-order valence-electron chi connectivity index (χ0n) is 11.3. The molecule has 0 saturated carbocycles. The maximum Gasteiger partial charge on any atom is 0.335 e.